The summed E-state index contributed by atoms with van der Waals surface area (Å²) in [5, 5.41) is 19.4. The molecule has 0 saturated carbocycles. The third-order valence-corrected chi connectivity index (χ3v) is 6.63. The Bertz CT molecular complexity index is 737. The fourth-order valence-corrected chi connectivity index (χ4v) is 4.11. The summed E-state index contributed by atoms with van der Waals surface area (Å²) >= 11 is 0. The van der Waals surface area contributed by atoms with E-state index < -0.39 is 18.2 Å². The zero-order valence-corrected chi connectivity index (χ0v) is 26.3. The van der Waals surface area contributed by atoms with E-state index in [-0.39, 0.29) is 25.6 Å². The van der Waals surface area contributed by atoms with Crippen LogP contribution in [0.3, 0.4) is 0 Å². The van der Waals surface area contributed by atoms with E-state index in [2.05, 4.69) is 26.8 Å². The average Bonchev–Trinajstić information content (AvgIpc) is 2.95. The predicted molar refractivity (Wildman–Crippen MR) is 169 cm³/mol. The van der Waals surface area contributed by atoms with E-state index in [0.29, 0.717) is 19.3 Å². The molecule has 0 bridgehead atoms. The molecule has 0 saturated heterocycles. The number of unbranched alkanes of at least 4 members (excludes halogenated alkanes) is 9. The van der Waals surface area contributed by atoms with Gasteiger partial charge in [0.05, 0.1) is 12.7 Å². The number of allylic oxidation sites excluding steroid dienone is 6. The van der Waals surface area contributed by atoms with E-state index in [1.807, 2.05) is 36.5 Å². The minimum absolute atomic E-state index is 0.107. The number of carbonyl (C=O) groups excluding carboxylic acids is 2. The lowest BCUT2D eigenvalue weighted by molar-refractivity contribution is -0.161. The standard InChI is InChI=1S/C35H60O6/c1-4-5-6-7-15-20-25-32(37)26-21-16-10-8-9-11-18-23-28-35(39)41-33(29-36)30-40-34(38)27-22-17-13-12-14-19-24-31(2)3/h9-11,15-16,20-21,26,31-33,36-37H,4-8,12-14,17-19,22-25,27-30H2,1-3H3/b11-9-,16-10-,20-15-,26-21+/t32-,33-/m0/s1. The number of esters is 2. The molecule has 0 aromatic heterocycles. The van der Waals surface area contributed by atoms with Crippen molar-refractivity contribution in [2.24, 2.45) is 5.92 Å². The summed E-state index contributed by atoms with van der Waals surface area (Å²) in [6.45, 7) is 6.21. The minimum Gasteiger partial charge on any atom is -0.462 e. The Labute approximate surface area is 251 Å². The first-order valence-corrected chi connectivity index (χ1v) is 16.2. The fraction of sp³-hybridized carbons (Fsp3) is 0.714. The Morgan fingerprint density at radius 1 is 0.756 bits per heavy atom. The van der Waals surface area contributed by atoms with Crippen LogP contribution in [0.15, 0.2) is 48.6 Å². The first kappa shape index (κ1) is 38.8. The van der Waals surface area contributed by atoms with Gasteiger partial charge >= 0.3 is 11.9 Å². The summed E-state index contributed by atoms with van der Waals surface area (Å²) in [5.41, 5.74) is 0. The van der Waals surface area contributed by atoms with Crippen LogP contribution in [-0.2, 0) is 19.1 Å². The number of rotatable bonds is 27. The average molecular weight is 577 g/mol. The van der Waals surface area contributed by atoms with E-state index in [0.717, 1.165) is 44.4 Å². The lowest BCUT2D eigenvalue weighted by atomic mass is 10.0. The Balaban J connectivity index is 3.83. The molecule has 0 fully saturated rings. The first-order valence-electron chi connectivity index (χ1n) is 16.2. The molecule has 0 unspecified atom stereocenters. The zero-order chi connectivity index (χ0) is 30.4. The molecule has 41 heavy (non-hydrogen) atoms. The van der Waals surface area contributed by atoms with Crippen LogP contribution in [0.2, 0.25) is 0 Å². The van der Waals surface area contributed by atoms with Crippen molar-refractivity contribution in [1.82, 2.24) is 0 Å². The predicted octanol–water partition coefficient (Wildman–Crippen LogP) is 8.33. The monoisotopic (exact) mass is 576 g/mol. The molecule has 0 heterocycles. The summed E-state index contributed by atoms with van der Waals surface area (Å²) in [5.74, 6) is 0.0570. The van der Waals surface area contributed by atoms with Crippen LogP contribution in [0.1, 0.15) is 130 Å². The molecule has 0 aromatic rings. The van der Waals surface area contributed by atoms with Gasteiger partial charge in [-0.3, -0.25) is 9.59 Å². The van der Waals surface area contributed by atoms with Gasteiger partial charge in [0.2, 0.25) is 0 Å². The van der Waals surface area contributed by atoms with Crippen molar-refractivity contribution in [2.75, 3.05) is 13.2 Å². The van der Waals surface area contributed by atoms with Crippen molar-refractivity contribution in [2.45, 2.75) is 142 Å². The molecule has 0 aromatic carbocycles. The maximum Gasteiger partial charge on any atom is 0.306 e. The molecule has 0 aliphatic carbocycles. The van der Waals surface area contributed by atoms with Gasteiger partial charge in [0, 0.05) is 12.8 Å². The molecule has 2 atom stereocenters. The molecule has 6 heteroatoms. The normalized spacial score (nSPS) is 13.7. The van der Waals surface area contributed by atoms with Crippen LogP contribution in [-0.4, -0.2) is 47.6 Å². The molecule has 0 aliphatic rings. The smallest absolute Gasteiger partial charge is 0.306 e. The largest absolute Gasteiger partial charge is 0.462 e. The third kappa shape index (κ3) is 29.1. The van der Waals surface area contributed by atoms with Crippen molar-refractivity contribution in [3.8, 4) is 0 Å². The number of aliphatic hydroxyl groups excluding tert-OH is 2. The Morgan fingerprint density at radius 2 is 1.44 bits per heavy atom. The summed E-state index contributed by atoms with van der Waals surface area (Å²) < 4.78 is 10.4. The summed E-state index contributed by atoms with van der Waals surface area (Å²) in [7, 11) is 0. The Hall–Kier alpha value is -2.18. The van der Waals surface area contributed by atoms with Crippen LogP contribution >= 0.6 is 0 Å². The molecule has 6 nitrogen and oxygen atoms in total. The maximum atomic E-state index is 12.1. The lowest BCUT2D eigenvalue weighted by Crippen LogP contribution is -2.28. The highest BCUT2D eigenvalue weighted by atomic mass is 16.6. The molecule has 0 rings (SSSR count). The second-order valence-electron chi connectivity index (χ2n) is 11.2. The van der Waals surface area contributed by atoms with Crippen molar-refractivity contribution in [3.05, 3.63) is 48.6 Å². The first-order chi connectivity index (χ1) is 19.9. The molecular formula is C35H60O6. The zero-order valence-electron chi connectivity index (χ0n) is 26.3. The van der Waals surface area contributed by atoms with Gasteiger partial charge in [-0.05, 0) is 50.9 Å². The lowest BCUT2D eigenvalue weighted by Gasteiger charge is -2.15. The van der Waals surface area contributed by atoms with Gasteiger partial charge in [0.1, 0.15) is 6.61 Å². The van der Waals surface area contributed by atoms with E-state index in [1.165, 1.54) is 44.9 Å². The number of hydrogen-bond donors (Lipinski definition) is 2. The van der Waals surface area contributed by atoms with Gasteiger partial charge in [0.25, 0.3) is 0 Å². The SMILES string of the molecule is CCCCC/C=C\C[C@H](O)/C=C/C=C\C/C=C\CCCC(=O)O[C@@H](CO)COC(=O)CCCCCCCCC(C)C. The second kappa shape index (κ2) is 29.3. The third-order valence-electron chi connectivity index (χ3n) is 6.63. The van der Waals surface area contributed by atoms with Gasteiger partial charge in [-0.15, -0.1) is 0 Å². The van der Waals surface area contributed by atoms with Crippen molar-refractivity contribution >= 4 is 11.9 Å². The minimum atomic E-state index is -0.818. The van der Waals surface area contributed by atoms with Gasteiger partial charge in [-0.25, -0.2) is 0 Å². The summed E-state index contributed by atoms with van der Waals surface area (Å²) in [4.78, 5) is 24.0. The highest BCUT2D eigenvalue weighted by molar-refractivity contribution is 5.70. The molecule has 0 spiro atoms. The highest BCUT2D eigenvalue weighted by Crippen LogP contribution is 2.12. The number of carbonyl (C=O) groups is 2. The molecule has 0 amide bonds. The number of aliphatic hydroxyl groups is 2. The van der Waals surface area contributed by atoms with Crippen molar-refractivity contribution in [1.29, 1.82) is 0 Å². The summed E-state index contributed by atoms with van der Waals surface area (Å²) in [6.07, 6.45) is 30.7. The number of hydrogen-bond acceptors (Lipinski definition) is 6. The van der Waals surface area contributed by atoms with Crippen molar-refractivity contribution < 1.29 is 29.3 Å². The van der Waals surface area contributed by atoms with Crippen LogP contribution in [0.4, 0.5) is 0 Å². The molecule has 2 N–H and O–H groups in total. The van der Waals surface area contributed by atoms with Crippen LogP contribution in [0, 0.1) is 5.92 Å². The van der Waals surface area contributed by atoms with Gasteiger partial charge in [-0.2, -0.15) is 0 Å². The summed E-state index contributed by atoms with van der Waals surface area (Å²) in [6, 6.07) is 0. The molecule has 236 valence electrons. The van der Waals surface area contributed by atoms with Gasteiger partial charge in [-0.1, -0.05) is 121 Å². The maximum absolute atomic E-state index is 12.1. The van der Waals surface area contributed by atoms with E-state index in [9.17, 15) is 19.8 Å². The Kier molecular flexibility index (Phi) is 27.8. The second-order valence-corrected chi connectivity index (χ2v) is 11.2. The highest BCUT2D eigenvalue weighted by Gasteiger charge is 2.15. The van der Waals surface area contributed by atoms with E-state index in [1.54, 1.807) is 6.08 Å². The topological polar surface area (TPSA) is 93.1 Å². The van der Waals surface area contributed by atoms with Crippen LogP contribution in [0.25, 0.3) is 0 Å². The Morgan fingerprint density at radius 3 is 2.17 bits per heavy atom. The van der Waals surface area contributed by atoms with Crippen molar-refractivity contribution in [3.63, 3.8) is 0 Å². The molecule has 0 aliphatic heterocycles. The fourth-order valence-electron chi connectivity index (χ4n) is 4.11. The molecular weight excluding hydrogens is 516 g/mol. The van der Waals surface area contributed by atoms with Crippen LogP contribution in [0.5, 0.6) is 0 Å². The quantitative estimate of drug-likeness (QED) is 0.0442. The van der Waals surface area contributed by atoms with Gasteiger partial charge < -0.3 is 19.7 Å². The molecule has 0 radical (unpaired) electrons. The van der Waals surface area contributed by atoms with Crippen LogP contribution < -0.4 is 0 Å². The van der Waals surface area contributed by atoms with E-state index >= 15 is 0 Å². The number of ether oxygens (including phenoxy) is 2. The van der Waals surface area contributed by atoms with E-state index in [4.69, 9.17) is 9.47 Å². The van der Waals surface area contributed by atoms with Gasteiger partial charge in [0.15, 0.2) is 6.10 Å².